The molecule has 0 bridgehead atoms. The van der Waals surface area contributed by atoms with Gasteiger partial charge in [-0.3, -0.25) is 14.6 Å². The Hall–Kier alpha value is -4.08. The van der Waals surface area contributed by atoms with Crippen LogP contribution in [0.15, 0.2) is 48.8 Å². The Morgan fingerprint density at radius 3 is 2.71 bits per heavy atom. The highest BCUT2D eigenvalue weighted by Gasteiger charge is 2.34. The van der Waals surface area contributed by atoms with Crippen LogP contribution in [-0.2, 0) is 4.79 Å². The summed E-state index contributed by atoms with van der Waals surface area (Å²) in [6.45, 7) is 0.554. The molecule has 0 aliphatic carbocycles. The number of carbonyl (C=O) groups excluding carboxylic acids is 2. The molecule has 174 valence electrons. The Morgan fingerprint density at radius 1 is 1.12 bits per heavy atom. The summed E-state index contributed by atoms with van der Waals surface area (Å²) in [6, 6.07) is 7.95. The van der Waals surface area contributed by atoms with E-state index in [0.29, 0.717) is 18.7 Å². The Labute approximate surface area is 192 Å². The third kappa shape index (κ3) is 4.14. The zero-order valence-electron chi connectivity index (χ0n) is 17.7. The van der Waals surface area contributed by atoms with Crippen molar-refractivity contribution in [3.8, 4) is 22.6 Å². The zero-order valence-corrected chi connectivity index (χ0v) is 17.7. The summed E-state index contributed by atoms with van der Waals surface area (Å²) in [7, 11) is 0. The lowest BCUT2D eigenvalue weighted by molar-refractivity contribution is -0.118. The van der Waals surface area contributed by atoms with Gasteiger partial charge in [-0.2, -0.15) is 0 Å². The van der Waals surface area contributed by atoms with E-state index in [-0.39, 0.29) is 53.4 Å². The van der Waals surface area contributed by atoms with Gasteiger partial charge in [0.1, 0.15) is 17.4 Å². The van der Waals surface area contributed by atoms with E-state index in [4.69, 9.17) is 9.47 Å². The van der Waals surface area contributed by atoms with E-state index in [9.17, 15) is 22.8 Å². The number of amides is 2. The van der Waals surface area contributed by atoms with Crippen LogP contribution < -0.4 is 14.8 Å². The average molecular weight is 469 g/mol. The Bertz CT molecular complexity index is 1290. The maximum atomic E-state index is 14.5. The van der Waals surface area contributed by atoms with Gasteiger partial charge in [-0.15, -0.1) is 0 Å². The van der Waals surface area contributed by atoms with E-state index in [1.165, 1.54) is 35.4 Å². The number of pyridine rings is 1. The molecule has 0 spiro atoms. The number of hydrogen-bond donors (Lipinski definition) is 1. The van der Waals surface area contributed by atoms with Gasteiger partial charge in [0.2, 0.25) is 0 Å². The largest absolute Gasteiger partial charge is 0.490 e. The molecule has 1 N–H and O–H groups in total. The molecule has 2 aromatic carbocycles. The van der Waals surface area contributed by atoms with Crippen LogP contribution in [0.5, 0.6) is 11.5 Å². The predicted octanol–water partition coefficient (Wildman–Crippen LogP) is 3.65. The van der Waals surface area contributed by atoms with Gasteiger partial charge in [-0.05, 0) is 29.8 Å². The number of nitrogens with zero attached hydrogens (tertiary/aromatic N) is 2. The van der Waals surface area contributed by atoms with Crippen molar-refractivity contribution < 1.29 is 32.2 Å². The summed E-state index contributed by atoms with van der Waals surface area (Å²) in [6.07, 6.45) is 2.48. The molecule has 34 heavy (non-hydrogen) atoms. The quantitative estimate of drug-likeness (QED) is 0.617. The van der Waals surface area contributed by atoms with E-state index in [1.807, 2.05) is 0 Å². The third-order valence-corrected chi connectivity index (χ3v) is 5.67. The van der Waals surface area contributed by atoms with Crippen LogP contribution in [0, 0.1) is 23.4 Å². The summed E-state index contributed by atoms with van der Waals surface area (Å²) in [5, 5.41) is 2.55. The smallest absolute Gasteiger partial charge is 0.262 e. The summed E-state index contributed by atoms with van der Waals surface area (Å²) >= 11 is 0. The lowest BCUT2D eigenvalue weighted by atomic mass is 9.99. The molecule has 0 radical (unpaired) electrons. The number of aromatic nitrogens is 1. The second-order valence-electron chi connectivity index (χ2n) is 8.05. The van der Waals surface area contributed by atoms with Gasteiger partial charge in [0.15, 0.2) is 18.2 Å². The SMILES string of the molecule is O=C1COc2cc(F)c(C(=O)N3CC(COc4ccc(-c5ccncc5F)cc4F)C3)cc2N1. The molecule has 0 unspecified atom stereocenters. The minimum atomic E-state index is -0.743. The average Bonchev–Trinajstić information content (AvgIpc) is 2.79. The fraction of sp³-hybridized carbons (Fsp3) is 0.208. The normalized spacial score (nSPS) is 15.1. The van der Waals surface area contributed by atoms with Crippen molar-refractivity contribution in [3.05, 3.63) is 71.8 Å². The first-order chi connectivity index (χ1) is 16.4. The third-order valence-electron chi connectivity index (χ3n) is 5.67. The molecule has 10 heteroatoms. The van der Waals surface area contributed by atoms with Crippen LogP contribution in [-0.4, -0.2) is 48.0 Å². The first-order valence-electron chi connectivity index (χ1n) is 10.5. The molecule has 0 saturated carbocycles. The van der Waals surface area contributed by atoms with Crippen molar-refractivity contribution in [3.63, 3.8) is 0 Å². The van der Waals surface area contributed by atoms with E-state index < -0.39 is 23.4 Å². The van der Waals surface area contributed by atoms with Gasteiger partial charge < -0.3 is 19.7 Å². The maximum absolute atomic E-state index is 14.5. The fourth-order valence-corrected chi connectivity index (χ4v) is 3.88. The van der Waals surface area contributed by atoms with Crippen molar-refractivity contribution in [1.29, 1.82) is 0 Å². The minimum Gasteiger partial charge on any atom is -0.490 e. The zero-order chi connectivity index (χ0) is 23.8. The monoisotopic (exact) mass is 469 g/mol. The Morgan fingerprint density at radius 2 is 1.94 bits per heavy atom. The molecule has 0 atom stereocenters. The van der Waals surface area contributed by atoms with E-state index in [2.05, 4.69) is 10.3 Å². The standard InChI is InChI=1S/C24H18F3N3O4/c25-17-7-22-20(29-23(31)12-34-22)6-16(17)24(32)30-9-13(10-30)11-33-21-2-1-14(5-18(21)26)15-3-4-28-8-19(15)27/h1-8,13H,9-12H2,(H,29,31). The summed E-state index contributed by atoms with van der Waals surface area (Å²) in [5.41, 5.74) is 0.661. The van der Waals surface area contributed by atoms with Crippen molar-refractivity contribution in [2.45, 2.75) is 0 Å². The fourth-order valence-electron chi connectivity index (χ4n) is 3.88. The number of carbonyl (C=O) groups is 2. The summed E-state index contributed by atoms with van der Waals surface area (Å²) in [5.74, 6) is -2.72. The first-order valence-corrected chi connectivity index (χ1v) is 10.5. The molecular formula is C24H18F3N3O4. The van der Waals surface area contributed by atoms with Crippen molar-refractivity contribution >= 4 is 17.5 Å². The summed E-state index contributed by atoms with van der Waals surface area (Å²) < 4.78 is 53.4. The highest BCUT2D eigenvalue weighted by Crippen LogP contribution is 2.32. The van der Waals surface area contributed by atoms with Crippen molar-refractivity contribution in [2.75, 3.05) is 31.6 Å². The molecule has 1 aromatic heterocycles. The number of nitrogens with one attached hydrogen (secondary N) is 1. The number of rotatable bonds is 5. The number of anilines is 1. The van der Waals surface area contributed by atoms with Crippen molar-refractivity contribution in [1.82, 2.24) is 9.88 Å². The van der Waals surface area contributed by atoms with Gasteiger partial charge >= 0.3 is 0 Å². The molecule has 5 rings (SSSR count). The molecule has 2 aliphatic heterocycles. The minimum absolute atomic E-state index is 0.0134. The second-order valence-corrected chi connectivity index (χ2v) is 8.05. The van der Waals surface area contributed by atoms with Crippen LogP contribution in [0.25, 0.3) is 11.1 Å². The van der Waals surface area contributed by atoms with Crippen LogP contribution >= 0.6 is 0 Å². The van der Waals surface area contributed by atoms with E-state index >= 15 is 0 Å². The highest BCUT2D eigenvalue weighted by molar-refractivity contribution is 6.00. The van der Waals surface area contributed by atoms with Crippen LogP contribution in [0.3, 0.4) is 0 Å². The Balaban J connectivity index is 1.18. The maximum Gasteiger partial charge on any atom is 0.262 e. The number of benzene rings is 2. The van der Waals surface area contributed by atoms with Crippen molar-refractivity contribution in [2.24, 2.45) is 5.92 Å². The van der Waals surface area contributed by atoms with E-state index in [1.54, 1.807) is 6.07 Å². The first kappa shape index (κ1) is 21.7. The van der Waals surface area contributed by atoms with Gasteiger partial charge in [-0.25, -0.2) is 13.2 Å². The molecule has 1 fully saturated rings. The molecule has 3 aromatic rings. The number of halogens is 3. The topological polar surface area (TPSA) is 80.8 Å². The lowest BCUT2D eigenvalue weighted by Crippen LogP contribution is -2.52. The number of ether oxygens (including phenoxy) is 2. The number of hydrogen-bond acceptors (Lipinski definition) is 5. The molecule has 1 saturated heterocycles. The Kier molecular flexibility index (Phi) is 5.56. The second kappa shape index (κ2) is 8.69. The highest BCUT2D eigenvalue weighted by atomic mass is 19.1. The van der Waals surface area contributed by atoms with Gasteiger partial charge in [-0.1, -0.05) is 6.07 Å². The van der Waals surface area contributed by atoms with E-state index in [0.717, 1.165) is 12.3 Å². The molecular weight excluding hydrogens is 451 g/mol. The van der Waals surface area contributed by atoms with Gasteiger partial charge in [0.25, 0.3) is 11.8 Å². The molecule has 7 nitrogen and oxygen atoms in total. The lowest BCUT2D eigenvalue weighted by Gasteiger charge is -2.39. The van der Waals surface area contributed by atoms with Crippen LogP contribution in [0.1, 0.15) is 10.4 Å². The summed E-state index contributed by atoms with van der Waals surface area (Å²) in [4.78, 5) is 29.3. The van der Waals surface area contributed by atoms with Gasteiger partial charge in [0, 0.05) is 36.8 Å². The predicted molar refractivity (Wildman–Crippen MR) is 115 cm³/mol. The number of fused-ring (bicyclic) bond motifs is 1. The molecule has 2 amide bonds. The molecule has 3 heterocycles. The number of likely N-dealkylation sites (tertiary alicyclic amines) is 1. The van der Waals surface area contributed by atoms with Crippen LogP contribution in [0.4, 0.5) is 18.9 Å². The van der Waals surface area contributed by atoms with Gasteiger partial charge in [0.05, 0.1) is 24.1 Å². The van der Waals surface area contributed by atoms with Crippen LogP contribution in [0.2, 0.25) is 0 Å². The molecule has 2 aliphatic rings.